The van der Waals surface area contributed by atoms with Gasteiger partial charge in [0.2, 0.25) is 5.91 Å². The molecule has 2 rings (SSSR count). The smallest absolute Gasteiger partial charge is 0.239 e. The van der Waals surface area contributed by atoms with Gasteiger partial charge >= 0.3 is 0 Å². The summed E-state index contributed by atoms with van der Waals surface area (Å²) < 4.78 is 11.4. The van der Waals surface area contributed by atoms with Crippen molar-refractivity contribution in [3.05, 3.63) is 29.8 Å². The van der Waals surface area contributed by atoms with Gasteiger partial charge in [-0.3, -0.25) is 4.79 Å². The van der Waals surface area contributed by atoms with Gasteiger partial charge in [-0.25, -0.2) is 0 Å². The number of rotatable bonds is 7. The lowest BCUT2D eigenvalue weighted by molar-refractivity contribution is -0.136. The number of hydrogen-bond donors (Lipinski definition) is 1. The van der Waals surface area contributed by atoms with Crippen molar-refractivity contribution in [3.8, 4) is 5.75 Å². The van der Waals surface area contributed by atoms with Crippen LogP contribution in [0.15, 0.2) is 24.3 Å². The van der Waals surface area contributed by atoms with Crippen LogP contribution in [0.5, 0.6) is 5.75 Å². The van der Waals surface area contributed by atoms with Crippen LogP contribution in [0.3, 0.4) is 0 Å². The zero-order valence-electron chi connectivity index (χ0n) is 15.4. The van der Waals surface area contributed by atoms with E-state index in [1.807, 2.05) is 36.1 Å². The van der Waals surface area contributed by atoms with E-state index in [4.69, 9.17) is 15.2 Å². The second kappa shape index (κ2) is 10.6. The number of ether oxygens (including phenoxy) is 2. The first-order valence-electron chi connectivity index (χ1n) is 8.84. The Balaban J connectivity index is 0.00000312. The number of halogens is 1. The number of carbonyl (C=O) groups is 1. The van der Waals surface area contributed by atoms with E-state index in [1.165, 1.54) is 0 Å². The summed E-state index contributed by atoms with van der Waals surface area (Å²) in [4.78, 5) is 14.3. The van der Waals surface area contributed by atoms with Crippen molar-refractivity contribution in [2.75, 3.05) is 20.2 Å². The maximum absolute atomic E-state index is 12.4. The first-order valence-corrected chi connectivity index (χ1v) is 8.84. The van der Waals surface area contributed by atoms with Crippen LogP contribution < -0.4 is 10.5 Å². The first kappa shape index (κ1) is 21.7. The molecule has 0 bridgehead atoms. The summed E-state index contributed by atoms with van der Waals surface area (Å²) in [5, 5.41) is 0. The molecular formula is C19H31ClN2O3. The summed E-state index contributed by atoms with van der Waals surface area (Å²) in [5.74, 6) is 1.15. The number of piperidine rings is 1. The highest BCUT2D eigenvalue weighted by atomic mass is 35.5. The Morgan fingerprint density at radius 1 is 1.32 bits per heavy atom. The highest BCUT2D eigenvalue weighted by Crippen LogP contribution is 2.22. The summed E-state index contributed by atoms with van der Waals surface area (Å²) in [7, 11) is 1.67. The zero-order chi connectivity index (χ0) is 17.5. The van der Waals surface area contributed by atoms with E-state index < -0.39 is 0 Å². The van der Waals surface area contributed by atoms with Gasteiger partial charge in [0.15, 0.2) is 0 Å². The summed E-state index contributed by atoms with van der Waals surface area (Å²) >= 11 is 0. The molecule has 1 aliphatic heterocycles. The third-order valence-electron chi connectivity index (χ3n) is 4.96. The van der Waals surface area contributed by atoms with Crippen LogP contribution in [0.4, 0.5) is 0 Å². The van der Waals surface area contributed by atoms with Crippen molar-refractivity contribution in [1.29, 1.82) is 0 Å². The van der Waals surface area contributed by atoms with Gasteiger partial charge in [-0.15, -0.1) is 12.4 Å². The standard InChI is InChI=1S/C19H30N2O3.ClH/c1-4-14(2)18(20)19(22)21-11-9-16(10-12-21)24-13-15-7-5-6-8-17(15)23-3;/h5-8,14,16,18H,4,9-13,20H2,1-3H3;1H. The number of nitrogens with zero attached hydrogens (tertiary/aromatic N) is 1. The molecule has 142 valence electrons. The SMILES string of the molecule is CCC(C)C(N)C(=O)N1CCC(OCc2ccccc2OC)CC1.Cl. The van der Waals surface area contributed by atoms with Crippen molar-refractivity contribution in [1.82, 2.24) is 4.90 Å². The van der Waals surface area contributed by atoms with Gasteiger partial charge in [0.05, 0.1) is 25.9 Å². The third-order valence-corrected chi connectivity index (χ3v) is 4.96. The van der Waals surface area contributed by atoms with E-state index in [-0.39, 0.29) is 36.4 Å². The Morgan fingerprint density at radius 3 is 2.56 bits per heavy atom. The van der Waals surface area contributed by atoms with Gasteiger partial charge in [-0.05, 0) is 24.8 Å². The molecule has 2 unspecified atom stereocenters. The average Bonchev–Trinajstić information content (AvgIpc) is 2.65. The summed E-state index contributed by atoms with van der Waals surface area (Å²) in [6, 6.07) is 7.51. The molecule has 1 aromatic carbocycles. The van der Waals surface area contributed by atoms with E-state index >= 15 is 0 Å². The lowest BCUT2D eigenvalue weighted by Gasteiger charge is -2.34. The zero-order valence-corrected chi connectivity index (χ0v) is 16.3. The molecule has 0 saturated carbocycles. The molecule has 0 aliphatic carbocycles. The highest BCUT2D eigenvalue weighted by Gasteiger charge is 2.28. The summed E-state index contributed by atoms with van der Waals surface area (Å²) in [6.45, 7) is 6.08. The minimum Gasteiger partial charge on any atom is -0.496 e. The third kappa shape index (κ3) is 5.87. The molecule has 1 heterocycles. The van der Waals surface area contributed by atoms with E-state index in [0.29, 0.717) is 6.61 Å². The van der Waals surface area contributed by atoms with Crippen LogP contribution >= 0.6 is 12.4 Å². The topological polar surface area (TPSA) is 64.8 Å². The molecule has 1 saturated heterocycles. The van der Waals surface area contributed by atoms with Crippen molar-refractivity contribution in [3.63, 3.8) is 0 Å². The molecule has 0 aromatic heterocycles. The minimum absolute atomic E-state index is 0. The maximum atomic E-state index is 12.4. The van der Waals surface area contributed by atoms with Crippen LogP contribution in [0.2, 0.25) is 0 Å². The van der Waals surface area contributed by atoms with Crippen LogP contribution in [0, 0.1) is 5.92 Å². The molecule has 0 radical (unpaired) electrons. The van der Waals surface area contributed by atoms with Gasteiger partial charge < -0.3 is 20.1 Å². The quantitative estimate of drug-likeness (QED) is 0.801. The van der Waals surface area contributed by atoms with Crippen LogP contribution in [-0.4, -0.2) is 43.2 Å². The van der Waals surface area contributed by atoms with Crippen molar-refractivity contribution in [2.45, 2.75) is 51.9 Å². The lowest BCUT2D eigenvalue weighted by Crippen LogP contribution is -2.50. The predicted octanol–water partition coefficient (Wildman–Crippen LogP) is 3.00. The monoisotopic (exact) mass is 370 g/mol. The van der Waals surface area contributed by atoms with Gasteiger partial charge in [0.1, 0.15) is 5.75 Å². The number of nitrogens with two attached hydrogens (primary N) is 1. The Hall–Kier alpha value is -1.30. The summed E-state index contributed by atoms with van der Waals surface area (Å²) in [6.07, 6.45) is 2.81. The number of methoxy groups -OCH3 is 1. The fraction of sp³-hybridized carbons (Fsp3) is 0.632. The maximum Gasteiger partial charge on any atom is 0.239 e. The highest BCUT2D eigenvalue weighted by molar-refractivity contribution is 5.85. The van der Waals surface area contributed by atoms with Crippen molar-refractivity contribution >= 4 is 18.3 Å². The first-order chi connectivity index (χ1) is 11.6. The number of amides is 1. The number of carbonyl (C=O) groups excluding carboxylic acids is 1. The average molecular weight is 371 g/mol. The van der Waals surface area contributed by atoms with Crippen molar-refractivity contribution in [2.24, 2.45) is 11.7 Å². The molecule has 1 fully saturated rings. The van der Waals surface area contributed by atoms with E-state index in [1.54, 1.807) is 7.11 Å². The Labute approximate surface area is 157 Å². The van der Waals surface area contributed by atoms with Crippen LogP contribution in [-0.2, 0) is 16.1 Å². The van der Waals surface area contributed by atoms with Gasteiger partial charge in [-0.2, -0.15) is 0 Å². The normalized spacial score (nSPS) is 17.5. The minimum atomic E-state index is -0.388. The van der Waals surface area contributed by atoms with Crippen molar-refractivity contribution < 1.29 is 14.3 Å². The van der Waals surface area contributed by atoms with Gasteiger partial charge in [0.25, 0.3) is 0 Å². The number of likely N-dealkylation sites (tertiary alicyclic amines) is 1. The molecule has 2 atom stereocenters. The molecule has 1 aromatic rings. The summed E-state index contributed by atoms with van der Waals surface area (Å²) in [5.41, 5.74) is 7.12. The number of para-hydroxylation sites is 1. The molecule has 0 spiro atoms. The molecule has 1 aliphatic rings. The Bertz CT molecular complexity index is 533. The van der Waals surface area contributed by atoms with Gasteiger partial charge in [0, 0.05) is 18.7 Å². The van der Waals surface area contributed by atoms with Crippen LogP contribution in [0.1, 0.15) is 38.7 Å². The molecule has 5 nitrogen and oxygen atoms in total. The predicted molar refractivity (Wildman–Crippen MR) is 102 cm³/mol. The molecular weight excluding hydrogens is 340 g/mol. The molecule has 2 N–H and O–H groups in total. The number of hydrogen-bond acceptors (Lipinski definition) is 4. The number of benzene rings is 1. The van der Waals surface area contributed by atoms with Crippen LogP contribution in [0.25, 0.3) is 0 Å². The van der Waals surface area contributed by atoms with E-state index in [2.05, 4.69) is 6.92 Å². The molecule has 25 heavy (non-hydrogen) atoms. The Kier molecular flexibility index (Phi) is 9.25. The fourth-order valence-corrected chi connectivity index (χ4v) is 2.98. The second-order valence-corrected chi connectivity index (χ2v) is 6.56. The molecule has 1 amide bonds. The van der Waals surface area contributed by atoms with E-state index in [0.717, 1.165) is 43.7 Å². The second-order valence-electron chi connectivity index (χ2n) is 6.56. The lowest BCUT2D eigenvalue weighted by atomic mass is 9.97. The fourth-order valence-electron chi connectivity index (χ4n) is 2.98. The molecule has 6 heteroatoms. The Morgan fingerprint density at radius 2 is 1.96 bits per heavy atom. The van der Waals surface area contributed by atoms with Gasteiger partial charge in [-0.1, -0.05) is 38.5 Å². The largest absolute Gasteiger partial charge is 0.496 e. The van der Waals surface area contributed by atoms with E-state index in [9.17, 15) is 4.79 Å².